The summed E-state index contributed by atoms with van der Waals surface area (Å²) in [5.74, 6) is 0. The van der Waals surface area contributed by atoms with Crippen LogP contribution in [0.15, 0.2) is 0 Å². The van der Waals surface area contributed by atoms with Crippen molar-refractivity contribution in [2.24, 2.45) is 0 Å². The number of hydrogen-bond acceptors (Lipinski definition) is 2. The summed E-state index contributed by atoms with van der Waals surface area (Å²) >= 11 is 0. The Morgan fingerprint density at radius 2 is 2.33 bits per heavy atom. The van der Waals surface area contributed by atoms with Gasteiger partial charge in [0.15, 0.2) is 0 Å². The third kappa shape index (κ3) is 1.95. The highest BCUT2D eigenvalue weighted by Crippen LogP contribution is 2.05. The lowest BCUT2D eigenvalue weighted by Gasteiger charge is -2.27. The average Bonchev–Trinajstić information content (AvgIpc) is 1.88. The van der Waals surface area contributed by atoms with Crippen LogP contribution < -0.4 is 5.32 Å². The molecule has 0 spiro atoms. The van der Waals surface area contributed by atoms with E-state index in [4.69, 9.17) is 4.74 Å². The Hall–Kier alpha value is -0.0800. The molecule has 2 atom stereocenters. The van der Waals surface area contributed by atoms with Crippen LogP contribution in [0.3, 0.4) is 0 Å². The third-order valence-corrected chi connectivity index (χ3v) is 1.68. The summed E-state index contributed by atoms with van der Waals surface area (Å²) in [5, 5.41) is 3.31. The average molecular weight is 129 g/mol. The lowest BCUT2D eigenvalue weighted by atomic mass is 10.2. The van der Waals surface area contributed by atoms with E-state index in [1.54, 1.807) is 0 Å². The van der Waals surface area contributed by atoms with Crippen molar-refractivity contribution in [3.63, 3.8) is 0 Å². The molecule has 54 valence electrons. The maximum absolute atomic E-state index is 5.57. The van der Waals surface area contributed by atoms with Crippen LogP contribution in [0.2, 0.25) is 0 Å². The zero-order valence-electron chi connectivity index (χ0n) is 6.18. The first kappa shape index (κ1) is 7.03. The van der Waals surface area contributed by atoms with E-state index in [0.717, 1.165) is 19.5 Å². The number of ether oxygens (including phenoxy) is 1. The Bertz CT molecular complexity index is 85.0. The normalized spacial score (nSPS) is 36.7. The van der Waals surface area contributed by atoms with Crippen molar-refractivity contribution in [3.8, 4) is 0 Å². The molecular formula is C7H15NO. The summed E-state index contributed by atoms with van der Waals surface area (Å²) < 4.78 is 5.57. The molecule has 1 saturated heterocycles. The highest BCUT2D eigenvalue weighted by molar-refractivity contribution is 4.69. The van der Waals surface area contributed by atoms with E-state index in [9.17, 15) is 0 Å². The molecule has 1 unspecified atom stereocenters. The van der Waals surface area contributed by atoms with Crippen LogP contribution in [0.25, 0.3) is 0 Å². The van der Waals surface area contributed by atoms with Gasteiger partial charge < -0.3 is 10.1 Å². The van der Waals surface area contributed by atoms with Crippen molar-refractivity contribution in [2.45, 2.75) is 32.5 Å². The van der Waals surface area contributed by atoms with Crippen LogP contribution in [0.5, 0.6) is 0 Å². The fourth-order valence-electron chi connectivity index (χ4n) is 1.11. The molecule has 1 rings (SSSR count). The summed E-state index contributed by atoms with van der Waals surface area (Å²) in [6, 6.07) is 0. The minimum Gasteiger partial charge on any atom is -0.373 e. The number of nitrogens with one attached hydrogen (secondary N) is 1. The lowest BCUT2D eigenvalue weighted by Crippen LogP contribution is -2.42. The van der Waals surface area contributed by atoms with Gasteiger partial charge in [-0.2, -0.15) is 0 Å². The molecule has 9 heavy (non-hydrogen) atoms. The standard InChI is InChI=1S/C7H15NO/c1-3-7-5-8-4-6(2)9-7/h6-8H,3-5H2,1-2H3/t6?,7-/m1/s1. The van der Waals surface area contributed by atoms with Crippen molar-refractivity contribution >= 4 is 0 Å². The van der Waals surface area contributed by atoms with Crippen molar-refractivity contribution in [3.05, 3.63) is 0 Å². The van der Waals surface area contributed by atoms with Crippen LogP contribution in [0.4, 0.5) is 0 Å². The molecule has 1 aliphatic rings. The molecule has 1 aliphatic heterocycles. The monoisotopic (exact) mass is 129 g/mol. The lowest BCUT2D eigenvalue weighted by molar-refractivity contribution is -0.0283. The van der Waals surface area contributed by atoms with Gasteiger partial charge >= 0.3 is 0 Å². The molecule has 0 aromatic rings. The van der Waals surface area contributed by atoms with Crippen molar-refractivity contribution in [1.82, 2.24) is 5.32 Å². The zero-order chi connectivity index (χ0) is 6.69. The fraction of sp³-hybridized carbons (Fsp3) is 1.00. The van der Waals surface area contributed by atoms with E-state index >= 15 is 0 Å². The van der Waals surface area contributed by atoms with Crippen LogP contribution in [0.1, 0.15) is 20.3 Å². The molecule has 2 heteroatoms. The third-order valence-electron chi connectivity index (χ3n) is 1.68. The predicted molar refractivity (Wildman–Crippen MR) is 37.5 cm³/mol. The Morgan fingerprint density at radius 3 is 2.78 bits per heavy atom. The largest absolute Gasteiger partial charge is 0.373 e. The van der Waals surface area contributed by atoms with Gasteiger partial charge in [0.25, 0.3) is 0 Å². The van der Waals surface area contributed by atoms with Gasteiger partial charge in [0, 0.05) is 13.1 Å². The van der Waals surface area contributed by atoms with Gasteiger partial charge in [-0.1, -0.05) is 6.92 Å². The quantitative estimate of drug-likeness (QED) is 0.564. The number of morpholine rings is 1. The maximum atomic E-state index is 5.57. The van der Waals surface area contributed by atoms with Crippen LogP contribution in [-0.2, 0) is 4.74 Å². The Labute approximate surface area is 56.6 Å². The second kappa shape index (κ2) is 3.18. The van der Waals surface area contributed by atoms with E-state index < -0.39 is 0 Å². The van der Waals surface area contributed by atoms with E-state index in [-0.39, 0.29) is 0 Å². The Balaban J connectivity index is 2.23. The summed E-state index contributed by atoms with van der Waals surface area (Å²) in [4.78, 5) is 0. The maximum Gasteiger partial charge on any atom is 0.0701 e. The first-order valence-corrected chi connectivity index (χ1v) is 3.69. The molecule has 0 bridgehead atoms. The molecular weight excluding hydrogens is 114 g/mol. The molecule has 0 aliphatic carbocycles. The number of rotatable bonds is 1. The van der Waals surface area contributed by atoms with Gasteiger partial charge in [-0.25, -0.2) is 0 Å². The van der Waals surface area contributed by atoms with Crippen molar-refractivity contribution < 1.29 is 4.74 Å². The van der Waals surface area contributed by atoms with Gasteiger partial charge in [0.1, 0.15) is 0 Å². The van der Waals surface area contributed by atoms with E-state index in [2.05, 4.69) is 19.2 Å². The van der Waals surface area contributed by atoms with Gasteiger partial charge in [0.2, 0.25) is 0 Å². The summed E-state index contributed by atoms with van der Waals surface area (Å²) in [5.41, 5.74) is 0. The molecule has 1 fully saturated rings. The highest BCUT2D eigenvalue weighted by Gasteiger charge is 2.15. The number of hydrogen-bond donors (Lipinski definition) is 1. The summed E-state index contributed by atoms with van der Waals surface area (Å²) in [6.07, 6.45) is 1.98. The van der Waals surface area contributed by atoms with Crippen molar-refractivity contribution in [1.29, 1.82) is 0 Å². The predicted octanol–water partition coefficient (Wildman–Crippen LogP) is 0.773. The smallest absolute Gasteiger partial charge is 0.0701 e. The van der Waals surface area contributed by atoms with E-state index in [0.29, 0.717) is 12.2 Å². The molecule has 0 aromatic carbocycles. The van der Waals surface area contributed by atoms with Crippen LogP contribution >= 0.6 is 0 Å². The first-order chi connectivity index (χ1) is 4.33. The SMILES string of the molecule is CC[C@@H]1CNCC(C)O1. The zero-order valence-corrected chi connectivity index (χ0v) is 6.18. The highest BCUT2D eigenvalue weighted by atomic mass is 16.5. The molecule has 1 N–H and O–H groups in total. The molecule has 0 amide bonds. The Morgan fingerprint density at radius 1 is 1.56 bits per heavy atom. The molecule has 0 saturated carbocycles. The molecule has 0 aromatic heterocycles. The second-order valence-corrected chi connectivity index (χ2v) is 2.64. The Kier molecular flexibility index (Phi) is 2.49. The van der Waals surface area contributed by atoms with E-state index in [1.165, 1.54) is 0 Å². The van der Waals surface area contributed by atoms with Gasteiger partial charge in [-0.05, 0) is 13.3 Å². The fourth-order valence-corrected chi connectivity index (χ4v) is 1.11. The van der Waals surface area contributed by atoms with Gasteiger partial charge in [-0.3, -0.25) is 0 Å². The second-order valence-electron chi connectivity index (χ2n) is 2.64. The van der Waals surface area contributed by atoms with Crippen LogP contribution in [-0.4, -0.2) is 25.3 Å². The minimum absolute atomic E-state index is 0.406. The molecule has 1 heterocycles. The molecule has 0 radical (unpaired) electrons. The van der Waals surface area contributed by atoms with Crippen LogP contribution in [0, 0.1) is 0 Å². The van der Waals surface area contributed by atoms with Crippen molar-refractivity contribution in [2.75, 3.05) is 13.1 Å². The first-order valence-electron chi connectivity index (χ1n) is 3.69. The van der Waals surface area contributed by atoms with Gasteiger partial charge in [0.05, 0.1) is 12.2 Å². The topological polar surface area (TPSA) is 21.3 Å². The summed E-state index contributed by atoms with van der Waals surface area (Å²) in [6.45, 7) is 6.30. The van der Waals surface area contributed by atoms with E-state index in [1.807, 2.05) is 0 Å². The minimum atomic E-state index is 0.406. The summed E-state index contributed by atoms with van der Waals surface area (Å²) in [7, 11) is 0. The van der Waals surface area contributed by atoms with Gasteiger partial charge in [-0.15, -0.1) is 0 Å². The molecule has 2 nitrogen and oxygen atoms in total.